The van der Waals surface area contributed by atoms with E-state index in [0.717, 1.165) is 37.5 Å². The van der Waals surface area contributed by atoms with Gasteiger partial charge in [-0.15, -0.1) is 0 Å². The van der Waals surface area contributed by atoms with Crippen LogP contribution in [0.25, 0.3) is 10.9 Å². The number of hydrogen-bond acceptors (Lipinski definition) is 6. The first kappa shape index (κ1) is 24.1. The third-order valence-electron chi connectivity index (χ3n) is 6.40. The fourth-order valence-corrected chi connectivity index (χ4v) is 6.19. The molecule has 0 bridgehead atoms. The molecule has 4 rings (SSSR count). The lowest BCUT2D eigenvalue weighted by molar-refractivity contribution is 0.247. The second-order valence-corrected chi connectivity index (χ2v) is 10.3. The van der Waals surface area contributed by atoms with Gasteiger partial charge in [-0.3, -0.25) is 4.79 Å². The normalized spacial score (nSPS) is 14.9. The van der Waals surface area contributed by atoms with Gasteiger partial charge in [-0.25, -0.2) is 8.42 Å². The van der Waals surface area contributed by atoms with E-state index in [4.69, 9.17) is 14.2 Å². The van der Waals surface area contributed by atoms with Crippen LogP contribution in [0.2, 0.25) is 0 Å². The summed E-state index contributed by atoms with van der Waals surface area (Å²) in [6, 6.07) is 11.4. The summed E-state index contributed by atoms with van der Waals surface area (Å²) in [7, 11) is 0.773. The maximum absolute atomic E-state index is 13.7. The van der Waals surface area contributed by atoms with Gasteiger partial charge in [-0.05, 0) is 49.2 Å². The first-order valence-electron chi connectivity index (χ1n) is 11.3. The van der Waals surface area contributed by atoms with Crippen molar-refractivity contribution in [1.82, 2.24) is 9.29 Å². The molecule has 0 unspecified atom stereocenters. The molecule has 182 valence electrons. The minimum atomic E-state index is -3.84. The van der Waals surface area contributed by atoms with Crippen molar-refractivity contribution in [2.75, 3.05) is 21.3 Å². The van der Waals surface area contributed by atoms with Gasteiger partial charge >= 0.3 is 0 Å². The number of methoxy groups -OCH3 is 3. The van der Waals surface area contributed by atoms with E-state index >= 15 is 0 Å². The average molecular weight is 487 g/mol. The molecule has 0 spiro atoms. The monoisotopic (exact) mass is 486 g/mol. The maximum atomic E-state index is 13.7. The zero-order valence-electron chi connectivity index (χ0n) is 19.7. The Morgan fingerprint density at radius 2 is 1.56 bits per heavy atom. The van der Waals surface area contributed by atoms with Gasteiger partial charge in [0.25, 0.3) is 5.56 Å². The Balaban J connectivity index is 1.76. The van der Waals surface area contributed by atoms with Crippen LogP contribution >= 0.6 is 0 Å². The number of pyridine rings is 1. The molecule has 0 aliphatic heterocycles. The van der Waals surface area contributed by atoms with Gasteiger partial charge in [0.2, 0.25) is 10.0 Å². The Hall–Kier alpha value is -3.04. The van der Waals surface area contributed by atoms with Crippen LogP contribution in [-0.2, 0) is 16.6 Å². The predicted molar refractivity (Wildman–Crippen MR) is 130 cm³/mol. The van der Waals surface area contributed by atoms with Crippen LogP contribution < -0.4 is 19.8 Å². The highest BCUT2D eigenvalue weighted by atomic mass is 32.2. The van der Waals surface area contributed by atoms with Crippen LogP contribution in [0.15, 0.2) is 52.2 Å². The topological polar surface area (TPSA) is 97.9 Å². The third kappa shape index (κ3) is 4.76. The number of aromatic nitrogens is 1. The molecule has 0 saturated heterocycles. The number of benzene rings is 2. The summed E-state index contributed by atoms with van der Waals surface area (Å²) in [5.74, 6) is 1.62. The zero-order valence-corrected chi connectivity index (χ0v) is 20.5. The highest BCUT2D eigenvalue weighted by Crippen LogP contribution is 2.33. The summed E-state index contributed by atoms with van der Waals surface area (Å²) in [5, 5.41) is 0.734. The van der Waals surface area contributed by atoms with E-state index in [2.05, 4.69) is 4.98 Å². The molecule has 3 aromatic rings. The van der Waals surface area contributed by atoms with Crippen molar-refractivity contribution < 1.29 is 22.6 Å². The number of nitrogens with zero attached hydrogens (tertiary/aromatic N) is 1. The number of nitrogens with one attached hydrogen (secondary N) is 1. The van der Waals surface area contributed by atoms with E-state index in [9.17, 15) is 13.2 Å². The smallest absolute Gasteiger partial charge is 0.252 e. The van der Waals surface area contributed by atoms with Crippen LogP contribution in [-0.4, -0.2) is 45.1 Å². The SMILES string of the molecule is COc1ccc(S(=O)(=O)N(Cc2cc3cc(OC)c(OC)cc3[nH]c2=O)C2CCCCC2)cc1. The molecule has 2 aromatic carbocycles. The van der Waals surface area contributed by atoms with Gasteiger partial charge in [0.05, 0.1) is 31.7 Å². The van der Waals surface area contributed by atoms with Gasteiger partial charge in [0.15, 0.2) is 11.5 Å². The fourth-order valence-electron chi connectivity index (χ4n) is 4.53. The van der Waals surface area contributed by atoms with Crippen molar-refractivity contribution >= 4 is 20.9 Å². The molecule has 1 aromatic heterocycles. The lowest BCUT2D eigenvalue weighted by Gasteiger charge is -2.33. The summed E-state index contributed by atoms with van der Waals surface area (Å²) < 4.78 is 44.8. The lowest BCUT2D eigenvalue weighted by Crippen LogP contribution is -2.42. The quantitative estimate of drug-likeness (QED) is 0.515. The molecule has 1 aliphatic rings. The Morgan fingerprint density at radius 1 is 0.912 bits per heavy atom. The van der Waals surface area contributed by atoms with Gasteiger partial charge in [0.1, 0.15) is 5.75 Å². The Bertz CT molecular complexity index is 1310. The Kier molecular flexibility index (Phi) is 7.13. The molecule has 1 saturated carbocycles. The molecular formula is C25H30N2O6S. The number of ether oxygens (including phenoxy) is 3. The molecule has 1 aliphatic carbocycles. The standard InChI is InChI=1S/C25H30N2O6S/c1-31-20-9-11-21(12-10-20)34(29,30)27(19-7-5-4-6-8-19)16-18-13-17-14-23(32-2)24(33-3)15-22(17)26-25(18)28/h9-15,19H,4-8,16H2,1-3H3,(H,26,28). The van der Waals surface area contributed by atoms with Crippen LogP contribution in [0.4, 0.5) is 0 Å². The molecule has 1 heterocycles. The number of hydrogen-bond donors (Lipinski definition) is 1. The second-order valence-electron chi connectivity index (χ2n) is 8.44. The van der Waals surface area contributed by atoms with Crippen LogP contribution in [0, 0.1) is 0 Å². The van der Waals surface area contributed by atoms with Crippen molar-refractivity contribution in [2.24, 2.45) is 0 Å². The Labute approximate surface area is 199 Å². The number of sulfonamides is 1. The molecule has 8 nitrogen and oxygen atoms in total. The van der Waals surface area contributed by atoms with Gasteiger partial charge in [-0.2, -0.15) is 4.31 Å². The first-order chi connectivity index (χ1) is 16.4. The molecular weight excluding hydrogens is 456 g/mol. The maximum Gasteiger partial charge on any atom is 0.252 e. The first-order valence-corrected chi connectivity index (χ1v) is 12.7. The van der Waals surface area contributed by atoms with Crippen LogP contribution in [0.3, 0.4) is 0 Å². The van der Waals surface area contributed by atoms with E-state index in [1.807, 2.05) is 0 Å². The fraction of sp³-hybridized carbons (Fsp3) is 0.400. The van der Waals surface area contributed by atoms with E-state index < -0.39 is 10.0 Å². The molecule has 0 radical (unpaired) electrons. The summed E-state index contributed by atoms with van der Waals surface area (Å²) in [6.45, 7) is -0.0152. The van der Waals surface area contributed by atoms with Crippen molar-refractivity contribution in [3.8, 4) is 17.2 Å². The second kappa shape index (κ2) is 10.1. The minimum absolute atomic E-state index is 0.0152. The Morgan fingerprint density at radius 3 is 2.18 bits per heavy atom. The molecule has 34 heavy (non-hydrogen) atoms. The van der Waals surface area contributed by atoms with Gasteiger partial charge < -0.3 is 19.2 Å². The summed E-state index contributed by atoms with van der Waals surface area (Å²) >= 11 is 0. The number of rotatable bonds is 8. The summed E-state index contributed by atoms with van der Waals surface area (Å²) in [4.78, 5) is 16.0. The van der Waals surface area contributed by atoms with E-state index in [-0.39, 0.29) is 23.0 Å². The predicted octanol–water partition coefficient (Wildman–Crippen LogP) is 4.08. The highest BCUT2D eigenvalue weighted by molar-refractivity contribution is 7.89. The summed E-state index contributed by atoms with van der Waals surface area (Å²) in [6.07, 6.45) is 4.55. The summed E-state index contributed by atoms with van der Waals surface area (Å²) in [5.41, 5.74) is 0.640. The van der Waals surface area contributed by atoms with Crippen molar-refractivity contribution in [3.05, 3.63) is 58.4 Å². The van der Waals surface area contributed by atoms with Crippen molar-refractivity contribution in [3.63, 3.8) is 0 Å². The minimum Gasteiger partial charge on any atom is -0.497 e. The van der Waals surface area contributed by atoms with Crippen LogP contribution in [0.5, 0.6) is 17.2 Å². The van der Waals surface area contributed by atoms with Crippen LogP contribution in [0.1, 0.15) is 37.7 Å². The molecule has 9 heteroatoms. The molecule has 0 atom stereocenters. The number of aromatic amines is 1. The molecule has 0 amide bonds. The van der Waals surface area contributed by atoms with Gasteiger partial charge in [0, 0.05) is 29.6 Å². The van der Waals surface area contributed by atoms with Crippen molar-refractivity contribution in [2.45, 2.75) is 49.6 Å². The largest absolute Gasteiger partial charge is 0.497 e. The third-order valence-corrected chi connectivity index (χ3v) is 8.31. The molecule has 1 fully saturated rings. The number of fused-ring (bicyclic) bond motifs is 1. The van der Waals surface area contributed by atoms with E-state index in [1.54, 1.807) is 49.6 Å². The van der Waals surface area contributed by atoms with Crippen molar-refractivity contribution in [1.29, 1.82) is 0 Å². The average Bonchev–Trinajstić information content (AvgIpc) is 2.87. The molecule has 1 N–H and O–H groups in total. The lowest BCUT2D eigenvalue weighted by atomic mass is 9.95. The highest BCUT2D eigenvalue weighted by Gasteiger charge is 2.33. The zero-order chi connectivity index (χ0) is 24.3. The van der Waals surface area contributed by atoms with E-state index in [1.165, 1.54) is 18.5 Å². The van der Waals surface area contributed by atoms with Gasteiger partial charge in [-0.1, -0.05) is 19.3 Å². The number of H-pyrrole nitrogens is 1. The van der Waals surface area contributed by atoms with E-state index in [0.29, 0.717) is 28.3 Å².